The van der Waals surface area contributed by atoms with Crippen LogP contribution in [0.5, 0.6) is 5.75 Å². The molecule has 0 saturated carbocycles. The molecule has 37 heavy (non-hydrogen) atoms. The lowest BCUT2D eigenvalue weighted by Gasteiger charge is -2.23. The van der Waals surface area contributed by atoms with Crippen molar-refractivity contribution in [3.05, 3.63) is 77.5 Å². The fourth-order valence-corrected chi connectivity index (χ4v) is 5.18. The molecule has 1 unspecified atom stereocenters. The van der Waals surface area contributed by atoms with E-state index in [0.29, 0.717) is 46.6 Å². The number of methoxy groups -OCH3 is 2. The van der Waals surface area contributed by atoms with Gasteiger partial charge in [-0.1, -0.05) is 18.2 Å². The number of anilines is 2. The number of hydrogen-bond donors (Lipinski definition) is 3. The third-order valence-electron chi connectivity index (χ3n) is 7.03. The number of nitrogens with one attached hydrogen (secondary N) is 3. The van der Waals surface area contributed by atoms with Crippen LogP contribution in [0, 0.1) is 5.82 Å². The molecule has 5 heterocycles. The lowest BCUT2D eigenvalue weighted by atomic mass is 9.93. The van der Waals surface area contributed by atoms with Crippen LogP contribution in [0.25, 0.3) is 22.3 Å². The average Bonchev–Trinajstić information content (AvgIpc) is 3.29. The van der Waals surface area contributed by atoms with Crippen LogP contribution in [0.2, 0.25) is 0 Å². The van der Waals surface area contributed by atoms with Gasteiger partial charge in [-0.05, 0) is 43.2 Å². The molecule has 0 saturated heterocycles. The summed E-state index contributed by atoms with van der Waals surface area (Å²) >= 11 is 0. The molecule has 0 radical (unpaired) electrons. The van der Waals surface area contributed by atoms with Crippen molar-refractivity contribution in [2.24, 2.45) is 0 Å². The maximum atomic E-state index is 14.6. The second-order valence-corrected chi connectivity index (χ2v) is 9.15. The quantitative estimate of drug-likeness (QED) is 0.326. The number of H-pyrrole nitrogens is 1. The summed E-state index contributed by atoms with van der Waals surface area (Å²) in [5.41, 5.74) is 5.89. The Morgan fingerprint density at radius 1 is 1.11 bits per heavy atom. The summed E-state index contributed by atoms with van der Waals surface area (Å²) in [6, 6.07) is 10.4. The Balaban J connectivity index is 1.64. The number of aromatic amines is 1. The first-order chi connectivity index (χ1) is 18.1. The number of pyridine rings is 2. The predicted molar refractivity (Wildman–Crippen MR) is 139 cm³/mol. The number of para-hydroxylation sites is 1. The van der Waals surface area contributed by atoms with Gasteiger partial charge in [0.25, 0.3) is 5.91 Å². The molecule has 4 aromatic rings. The molecule has 6 rings (SSSR count). The van der Waals surface area contributed by atoms with Gasteiger partial charge >= 0.3 is 0 Å². The maximum absolute atomic E-state index is 14.6. The van der Waals surface area contributed by atoms with Gasteiger partial charge in [-0.3, -0.25) is 9.78 Å². The molecule has 1 aromatic carbocycles. The van der Waals surface area contributed by atoms with Crippen molar-refractivity contribution in [1.29, 1.82) is 0 Å². The summed E-state index contributed by atoms with van der Waals surface area (Å²) in [6.45, 7) is 0.504. The van der Waals surface area contributed by atoms with E-state index < -0.39 is 5.82 Å². The van der Waals surface area contributed by atoms with Crippen molar-refractivity contribution in [3.63, 3.8) is 0 Å². The van der Waals surface area contributed by atoms with Gasteiger partial charge < -0.3 is 25.1 Å². The van der Waals surface area contributed by atoms with Crippen LogP contribution in [-0.2, 0) is 4.74 Å². The summed E-state index contributed by atoms with van der Waals surface area (Å²) < 4.78 is 25.7. The van der Waals surface area contributed by atoms with Crippen molar-refractivity contribution >= 4 is 28.3 Å². The molecule has 3 aromatic heterocycles. The number of carbonyl (C=O) groups is 1. The van der Waals surface area contributed by atoms with Gasteiger partial charge in [0.1, 0.15) is 6.10 Å². The zero-order chi connectivity index (χ0) is 25.5. The van der Waals surface area contributed by atoms with Gasteiger partial charge in [0, 0.05) is 37.0 Å². The third kappa shape index (κ3) is 3.92. The highest BCUT2D eigenvalue weighted by molar-refractivity contribution is 6.08. The van der Waals surface area contributed by atoms with E-state index in [2.05, 4.69) is 32.8 Å². The molecule has 1 amide bonds. The molecule has 2 aliphatic heterocycles. The molecule has 188 valence electrons. The van der Waals surface area contributed by atoms with Crippen LogP contribution in [0.3, 0.4) is 0 Å². The number of rotatable bonds is 4. The highest BCUT2D eigenvalue weighted by Gasteiger charge is 2.33. The Hall–Kier alpha value is -4.24. The predicted octanol–water partition coefficient (Wildman–Crippen LogP) is 5.38. The largest absolute Gasteiger partial charge is 0.492 e. The number of ether oxygens (including phenoxy) is 2. The summed E-state index contributed by atoms with van der Waals surface area (Å²) in [5.74, 6) is -0.604. The number of hydrogen-bond acceptors (Lipinski definition) is 6. The van der Waals surface area contributed by atoms with Crippen molar-refractivity contribution in [1.82, 2.24) is 20.3 Å². The first-order valence-corrected chi connectivity index (χ1v) is 12.2. The smallest absolute Gasteiger partial charge is 0.255 e. The number of nitrogens with zero attached hydrogens (tertiary/aromatic N) is 2. The Bertz CT molecular complexity index is 1550. The zero-order valence-corrected chi connectivity index (χ0v) is 20.5. The topological polar surface area (TPSA) is 101 Å². The number of carbonyl (C=O) groups excluding carboxylic acids is 1. The van der Waals surface area contributed by atoms with Crippen LogP contribution in [-0.4, -0.2) is 41.6 Å². The minimum atomic E-state index is -0.501. The lowest BCUT2D eigenvalue weighted by Crippen LogP contribution is -2.34. The van der Waals surface area contributed by atoms with Gasteiger partial charge in [-0.25, -0.2) is 9.37 Å². The molecule has 2 aliphatic rings. The normalized spacial score (nSPS) is 19.5. The second kappa shape index (κ2) is 9.33. The molecule has 3 N–H and O–H groups in total. The first-order valence-electron chi connectivity index (χ1n) is 12.2. The summed E-state index contributed by atoms with van der Waals surface area (Å²) in [7, 11) is 3.10. The van der Waals surface area contributed by atoms with Crippen molar-refractivity contribution in [2.45, 2.75) is 24.9 Å². The number of allylic oxidation sites excluding steroid dienone is 1. The molecule has 0 aliphatic carbocycles. The minimum Gasteiger partial charge on any atom is -0.492 e. The van der Waals surface area contributed by atoms with E-state index in [1.807, 2.05) is 18.2 Å². The van der Waals surface area contributed by atoms with Gasteiger partial charge in [0.2, 0.25) is 0 Å². The molecule has 0 fully saturated rings. The number of amides is 1. The minimum absolute atomic E-state index is 0.0304. The van der Waals surface area contributed by atoms with Gasteiger partial charge in [-0.15, -0.1) is 0 Å². The zero-order valence-electron chi connectivity index (χ0n) is 20.5. The Morgan fingerprint density at radius 2 is 1.97 bits per heavy atom. The average molecular weight is 500 g/mol. The standard InChI is InChI=1S/C28H26FN5O3/c1-36-21-9-4-3-6-15-14-31-28(35)22-23(15)34-25(16-12-13-30-19-11-10-18(21)32-24(16)19)26(22)33-20-8-5-7-17(29)27(20)37-2/h3-5,7-8,10-13,15,21,33-34H,6,9,14H2,1-2H3,(H,31,35)/b4-3-/t15?,21-/m1/s1. The van der Waals surface area contributed by atoms with Crippen LogP contribution < -0.4 is 15.4 Å². The summed E-state index contributed by atoms with van der Waals surface area (Å²) in [4.78, 5) is 26.3. The monoisotopic (exact) mass is 499 g/mol. The molecule has 9 heteroatoms. The van der Waals surface area contributed by atoms with Gasteiger partial charge in [0.15, 0.2) is 11.6 Å². The van der Waals surface area contributed by atoms with E-state index in [1.165, 1.54) is 13.2 Å². The van der Waals surface area contributed by atoms with E-state index in [0.717, 1.165) is 23.4 Å². The van der Waals surface area contributed by atoms with E-state index in [1.54, 1.807) is 25.4 Å². The molecular weight excluding hydrogens is 473 g/mol. The van der Waals surface area contributed by atoms with E-state index >= 15 is 0 Å². The first kappa shape index (κ1) is 23.2. The number of fused-ring (bicyclic) bond motifs is 3. The highest BCUT2D eigenvalue weighted by atomic mass is 19.1. The summed E-state index contributed by atoms with van der Waals surface area (Å²) in [6.07, 6.45) is 7.13. The van der Waals surface area contributed by atoms with Gasteiger partial charge in [-0.2, -0.15) is 0 Å². The van der Waals surface area contributed by atoms with E-state index in [4.69, 9.17) is 14.5 Å². The van der Waals surface area contributed by atoms with Crippen LogP contribution in [0.4, 0.5) is 15.8 Å². The molecule has 2 atom stereocenters. The van der Waals surface area contributed by atoms with Crippen LogP contribution >= 0.6 is 0 Å². The van der Waals surface area contributed by atoms with Crippen LogP contribution in [0.1, 0.15) is 46.6 Å². The van der Waals surface area contributed by atoms with E-state index in [-0.39, 0.29) is 23.7 Å². The van der Waals surface area contributed by atoms with Crippen molar-refractivity contribution in [3.8, 4) is 17.0 Å². The number of aromatic nitrogens is 3. The molecular formula is C28H26FN5O3. The molecule has 8 nitrogen and oxygen atoms in total. The van der Waals surface area contributed by atoms with Crippen LogP contribution in [0.15, 0.2) is 54.7 Å². The number of benzene rings is 1. The summed E-state index contributed by atoms with van der Waals surface area (Å²) in [5, 5.41) is 6.34. The Labute approximate surface area is 212 Å². The van der Waals surface area contributed by atoms with Gasteiger partial charge in [0.05, 0.1) is 46.5 Å². The fourth-order valence-electron chi connectivity index (χ4n) is 5.18. The van der Waals surface area contributed by atoms with Crippen molar-refractivity contribution < 1.29 is 18.7 Å². The number of halogens is 1. The maximum Gasteiger partial charge on any atom is 0.255 e. The van der Waals surface area contributed by atoms with E-state index in [9.17, 15) is 9.18 Å². The second-order valence-electron chi connectivity index (χ2n) is 9.15. The SMILES string of the molecule is COc1c(F)cccc1Nc1c2[nH]c3c1C(=O)NCC3C/C=C\C[C@@H](OC)c1ccc3nccc-2c3n1. The Kier molecular flexibility index (Phi) is 5.84. The highest BCUT2D eigenvalue weighted by Crippen LogP contribution is 2.43. The lowest BCUT2D eigenvalue weighted by molar-refractivity contribution is 0.0941. The molecule has 0 spiro atoms. The third-order valence-corrected chi connectivity index (χ3v) is 7.03. The molecule has 4 bridgehead atoms. The fraction of sp³-hybridized carbons (Fsp3) is 0.250. The Morgan fingerprint density at radius 3 is 2.81 bits per heavy atom. The van der Waals surface area contributed by atoms with Crippen molar-refractivity contribution in [2.75, 3.05) is 26.1 Å².